The van der Waals surface area contributed by atoms with Gasteiger partial charge in [-0.3, -0.25) is 9.67 Å². The molecule has 0 aliphatic carbocycles. The molecule has 0 aliphatic rings. The van der Waals surface area contributed by atoms with Crippen molar-refractivity contribution in [3.8, 4) is 0 Å². The lowest BCUT2D eigenvalue weighted by molar-refractivity contribution is 0.206. The predicted octanol–water partition coefficient (Wildman–Crippen LogP) is 2.39. The Morgan fingerprint density at radius 1 is 1.28 bits per heavy atom. The molecule has 1 unspecified atom stereocenters. The van der Waals surface area contributed by atoms with Gasteiger partial charge >= 0.3 is 0 Å². The number of nitrogens with zero attached hydrogens (tertiary/aromatic N) is 3. The molecule has 0 amide bonds. The zero-order valence-electron chi connectivity index (χ0n) is 11.1. The molecule has 1 atom stereocenters. The minimum atomic E-state index is -0.660. The van der Waals surface area contributed by atoms with E-state index >= 15 is 0 Å². The molecular weight excluding hydrogens is 226 g/mol. The SMILES string of the molecule is CCCn1nccc1C(O)c1ccc(C)nc1C. The molecular formula is C14H19N3O. The molecule has 2 heterocycles. The highest BCUT2D eigenvalue weighted by molar-refractivity contribution is 5.29. The Hall–Kier alpha value is -1.68. The lowest BCUT2D eigenvalue weighted by Gasteiger charge is -2.15. The number of aliphatic hydroxyl groups is 1. The third kappa shape index (κ3) is 2.43. The van der Waals surface area contributed by atoms with Crippen LogP contribution < -0.4 is 0 Å². The van der Waals surface area contributed by atoms with Crippen LogP contribution in [0.15, 0.2) is 24.4 Å². The van der Waals surface area contributed by atoms with E-state index in [1.165, 1.54) is 0 Å². The molecule has 0 bridgehead atoms. The smallest absolute Gasteiger partial charge is 0.122 e. The maximum absolute atomic E-state index is 10.5. The summed E-state index contributed by atoms with van der Waals surface area (Å²) in [5.41, 5.74) is 3.50. The maximum Gasteiger partial charge on any atom is 0.122 e. The van der Waals surface area contributed by atoms with Gasteiger partial charge in [0.15, 0.2) is 0 Å². The molecule has 0 fully saturated rings. The zero-order chi connectivity index (χ0) is 13.1. The highest BCUT2D eigenvalue weighted by atomic mass is 16.3. The average Bonchev–Trinajstić information content (AvgIpc) is 2.77. The first-order valence-corrected chi connectivity index (χ1v) is 6.27. The summed E-state index contributed by atoms with van der Waals surface area (Å²) in [5, 5.41) is 14.7. The summed E-state index contributed by atoms with van der Waals surface area (Å²) in [5.74, 6) is 0. The van der Waals surface area contributed by atoms with E-state index < -0.39 is 6.10 Å². The topological polar surface area (TPSA) is 50.9 Å². The lowest BCUT2D eigenvalue weighted by Crippen LogP contribution is -2.11. The van der Waals surface area contributed by atoms with Crippen molar-refractivity contribution in [2.24, 2.45) is 0 Å². The van der Waals surface area contributed by atoms with Crippen LogP contribution >= 0.6 is 0 Å². The van der Waals surface area contributed by atoms with Crippen LogP contribution in [0, 0.1) is 13.8 Å². The van der Waals surface area contributed by atoms with Gasteiger partial charge in [-0.15, -0.1) is 0 Å². The Morgan fingerprint density at radius 2 is 2.06 bits per heavy atom. The van der Waals surface area contributed by atoms with Gasteiger partial charge in [-0.25, -0.2) is 0 Å². The van der Waals surface area contributed by atoms with Crippen LogP contribution in [-0.4, -0.2) is 19.9 Å². The van der Waals surface area contributed by atoms with Crippen molar-refractivity contribution in [3.05, 3.63) is 47.0 Å². The Kier molecular flexibility index (Phi) is 3.77. The summed E-state index contributed by atoms with van der Waals surface area (Å²) in [6, 6.07) is 5.72. The lowest BCUT2D eigenvalue weighted by atomic mass is 10.0. The Morgan fingerprint density at radius 3 is 2.72 bits per heavy atom. The highest BCUT2D eigenvalue weighted by Crippen LogP contribution is 2.24. The first kappa shape index (κ1) is 12.8. The largest absolute Gasteiger partial charge is 0.382 e. The quantitative estimate of drug-likeness (QED) is 0.899. The second-order valence-corrected chi connectivity index (χ2v) is 4.51. The van der Waals surface area contributed by atoms with Gasteiger partial charge in [0.25, 0.3) is 0 Å². The molecule has 1 N–H and O–H groups in total. The van der Waals surface area contributed by atoms with Crippen molar-refractivity contribution in [1.29, 1.82) is 0 Å². The van der Waals surface area contributed by atoms with Crippen LogP contribution in [0.5, 0.6) is 0 Å². The molecule has 2 aromatic rings. The second kappa shape index (κ2) is 5.31. The van der Waals surface area contributed by atoms with Gasteiger partial charge in [0.05, 0.1) is 5.69 Å². The molecule has 96 valence electrons. The number of rotatable bonds is 4. The number of pyridine rings is 1. The number of aliphatic hydroxyl groups excluding tert-OH is 1. The van der Waals surface area contributed by atoms with Crippen molar-refractivity contribution in [3.63, 3.8) is 0 Å². The minimum absolute atomic E-state index is 0.660. The average molecular weight is 245 g/mol. The predicted molar refractivity (Wildman–Crippen MR) is 70.3 cm³/mol. The van der Waals surface area contributed by atoms with E-state index in [1.54, 1.807) is 6.20 Å². The molecule has 0 aliphatic heterocycles. The summed E-state index contributed by atoms with van der Waals surface area (Å²) in [7, 11) is 0. The van der Waals surface area contributed by atoms with Crippen LogP contribution in [-0.2, 0) is 6.54 Å². The third-order valence-corrected chi connectivity index (χ3v) is 3.03. The van der Waals surface area contributed by atoms with E-state index in [2.05, 4.69) is 17.0 Å². The van der Waals surface area contributed by atoms with Gasteiger partial charge in [-0.05, 0) is 32.4 Å². The first-order valence-electron chi connectivity index (χ1n) is 6.27. The monoisotopic (exact) mass is 245 g/mol. The zero-order valence-corrected chi connectivity index (χ0v) is 11.1. The Bertz CT molecular complexity index is 534. The van der Waals surface area contributed by atoms with E-state index in [1.807, 2.05) is 36.7 Å². The van der Waals surface area contributed by atoms with Crippen molar-refractivity contribution < 1.29 is 5.11 Å². The molecule has 0 radical (unpaired) electrons. The highest BCUT2D eigenvalue weighted by Gasteiger charge is 2.17. The van der Waals surface area contributed by atoms with E-state index in [0.717, 1.165) is 35.6 Å². The molecule has 0 saturated heterocycles. The van der Waals surface area contributed by atoms with E-state index in [9.17, 15) is 5.11 Å². The second-order valence-electron chi connectivity index (χ2n) is 4.51. The third-order valence-electron chi connectivity index (χ3n) is 3.03. The van der Waals surface area contributed by atoms with Crippen LogP contribution in [0.25, 0.3) is 0 Å². The van der Waals surface area contributed by atoms with Crippen molar-refractivity contribution in [2.75, 3.05) is 0 Å². The summed E-state index contributed by atoms with van der Waals surface area (Å²) in [4.78, 5) is 4.39. The molecule has 4 nitrogen and oxygen atoms in total. The summed E-state index contributed by atoms with van der Waals surface area (Å²) < 4.78 is 1.85. The van der Waals surface area contributed by atoms with Gasteiger partial charge in [0.1, 0.15) is 6.10 Å². The first-order chi connectivity index (χ1) is 8.63. The molecule has 2 rings (SSSR count). The molecule has 2 aromatic heterocycles. The summed E-state index contributed by atoms with van der Waals surface area (Å²) in [6.45, 7) is 6.78. The molecule has 0 aromatic carbocycles. The number of aromatic nitrogens is 3. The number of aryl methyl sites for hydroxylation is 3. The van der Waals surface area contributed by atoms with Crippen LogP contribution in [0.4, 0.5) is 0 Å². The van der Waals surface area contributed by atoms with Crippen molar-refractivity contribution >= 4 is 0 Å². The molecule has 0 spiro atoms. The normalized spacial score (nSPS) is 12.7. The molecule has 4 heteroatoms. The number of hydrogen-bond acceptors (Lipinski definition) is 3. The van der Waals surface area contributed by atoms with Gasteiger partial charge in [0, 0.05) is 29.7 Å². The van der Waals surface area contributed by atoms with Gasteiger partial charge in [0.2, 0.25) is 0 Å². The van der Waals surface area contributed by atoms with E-state index in [-0.39, 0.29) is 0 Å². The molecule has 18 heavy (non-hydrogen) atoms. The standard InChI is InChI=1S/C14H19N3O/c1-4-9-17-13(7-8-15-17)14(18)12-6-5-10(2)16-11(12)3/h5-8,14,18H,4,9H2,1-3H3. The van der Waals surface area contributed by atoms with Crippen molar-refractivity contribution in [1.82, 2.24) is 14.8 Å². The Labute approximate surface area is 107 Å². The fourth-order valence-electron chi connectivity index (χ4n) is 2.12. The van der Waals surface area contributed by atoms with E-state index in [4.69, 9.17) is 0 Å². The van der Waals surface area contributed by atoms with Crippen LogP contribution in [0.3, 0.4) is 0 Å². The summed E-state index contributed by atoms with van der Waals surface area (Å²) in [6.07, 6.45) is 2.06. The van der Waals surface area contributed by atoms with Gasteiger partial charge < -0.3 is 5.11 Å². The fourth-order valence-corrected chi connectivity index (χ4v) is 2.12. The maximum atomic E-state index is 10.5. The fraction of sp³-hybridized carbons (Fsp3) is 0.429. The van der Waals surface area contributed by atoms with E-state index in [0.29, 0.717) is 0 Å². The summed E-state index contributed by atoms with van der Waals surface area (Å²) >= 11 is 0. The van der Waals surface area contributed by atoms with Crippen LogP contribution in [0.2, 0.25) is 0 Å². The number of hydrogen-bond donors (Lipinski definition) is 1. The molecule has 0 saturated carbocycles. The minimum Gasteiger partial charge on any atom is -0.382 e. The van der Waals surface area contributed by atoms with Crippen molar-refractivity contribution in [2.45, 2.75) is 39.8 Å². The van der Waals surface area contributed by atoms with Gasteiger partial charge in [-0.2, -0.15) is 5.10 Å². The van der Waals surface area contributed by atoms with Crippen LogP contribution in [0.1, 0.15) is 42.1 Å². The Balaban J connectivity index is 2.35. The van der Waals surface area contributed by atoms with Gasteiger partial charge in [-0.1, -0.05) is 13.0 Å².